The first-order chi connectivity index (χ1) is 7.96. The molecule has 1 N–H and O–H groups in total. The summed E-state index contributed by atoms with van der Waals surface area (Å²) in [5.41, 5.74) is -0.0139. The van der Waals surface area contributed by atoms with Gasteiger partial charge in [-0.25, -0.2) is 0 Å². The van der Waals surface area contributed by atoms with E-state index >= 15 is 0 Å². The van der Waals surface area contributed by atoms with E-state index in [0.717, 1.165) is 21.4 Å². The summed E-state index contributed by atoms with van der Waals surface area (Å²) in [4.78, 5) is 11.3. The summed E-state index contributed by atoms with van der Waals surface area (Å²) in [6.45, 7) is 3.45. The Hall–Kier alpha value is -1.55. The highest BCUT2D eigenvalue weighted by atomic mass is 32.1. The van der Waals surface area contributed by atoms with Gasteiger partial charge in [0.15, 0.2) is 0 Å². The third-order valence-corrected chi connectivity index (χ3v) is 3.94. The minimum atomic E-state index is -0.868. The quantitative estimate of drug-likeness (QED) is 0.909. The lowest BCUT2D eigenvalue weighted by Crippen LogP contribution is -2.28. The maximum atomic E-state index is 11.3. The number of carbonyl (C=O) groups is 1. The van der Waals surface area contributed by atoms with Crippen LogP contribution in [0.5, 0.6) is 5.75 Å². The van der Waals surface area contributed by atoms with Crippen LogP contribution in [0.15, 0.2) is 23.6 Å². The average Bonchev–Trinajstić information content (AvgIpc) is 2.71. The fourth-order valence-corrected chi connectivity index (χ4v) is 2.89. The Morgan fingerprint density at radius 3 is 2.71 bits per heavy atom. The van der Waals surface area contributed by atoms with Gasteiger partial charge in [-0.15, -0.1) is 11.3 Å². The van der Waals surface area contributed by atoms with Crippen molar-refractivity contribution in [3.8, 4) is 5.75 Å². The van der Waals surface area contributed by atoms with E-state index < -0.39 is 11.4 Å². The van der Waals surface area contributed by atoms with E-state index in [1.165, 1.54) is 0 Å². The Morgan fingerprint density at radius 1 is 1.41 bits per heavy atom. The van der Waals surface area contributed by atoms with Crippen LogP contribution in [0, 0.1) is 0 Å². The molecule has 2 aromatic rings. The van der Waals surface area contributed by atoms with E-state index in [1.807, 2.05) is 23.6 Å². The topological polar surface area (TPSA) is 46.5 Å². The van der Waals surface area contributed by atoms with E-state index in [9.17, 15) is 9.90 Å². The van der Waals surface area contributed by atoms with Crippen molar-refractivity contribution in [2.75, 3.05) is 7.11 Å². The number of carboxylic acids is 1. The summed E-state index contributed by atoms with van der Waals surface area (Å²) < 4.78 is 6.20. The zero-order valence-corrected chi connectivity index (χ0v) is 10.8. The SMILES string of the molecule is COc1ccc2c(C(C)(C)C(=O)O)csc2c1. The third-order valence-electron chi connectivity index (χ3n) is 2.99. The van der Waals surface area contributed by atoms with Gasteiger partial charge in [0.25, 0.3) is 0 Å². The second-order valence-electron chi connectivity index (χ2n) is 4.44. The van der Waals surface area contributed by atoms with E-state index in [1.54, 1.807) is 32.3 Å². The van der Waals surface area contributed by atoms with Crippen molar-refractivity contribution in [3.05, 3.63) is 29.1 Å². The molecule has 0 amide bonds. The number of hydrogen-bond donors (Lipinski definition) is 1. The van der Waals surface area contributed by atoms with Crippen molar-refractivity contribution in [2.24, 2.45) is 0 Å². The van der Waals surface area contributed by atoms with Crippen molar-refractivity contribution < 1.29 is 14.6 Å². The average molecular weight is 250 g/mol. The first-order valence-corrected chi connectivity index (χ1v) is 6.14. The molecule has 3 nitrogen and oxygen atoms in total. The van der Waals surface area contributed by atoms with Crippen LogP contribution in [0.2, 0.25) is 0 Å². The second-order valence-corrected chi connectivity index (χ2v) is 5.35. The van der Waals surface area contributed by atoms with Gasteiger partial charge in [-0.3, -0.25) is 4.79 Å². The maximum absolute atomic E-state index is 11.3. The van der Waals surface area contributed by atoms with Crippen molar-refractivity contribution in [3.63, 3.8) is 0 Å². The molecule has 0 aliphatic rings. The molecule has 0 saturated heterocycles. The molecule has 0 atom stereocenters. The molecule has 0 radical (unpaired) electrons. The molecular weight excluding hydrogens is 236 g/mol. The van der Waals surface area contributed by atoms with Crippen molar-refractivity contribution in [2.45, 2.75) is 19.3 Å². The Labute approximate surface area is 104 Å². The van der Waals surface area contributed by atoms with Gasteiger partial charge in [0.05, 0.1) is 12.5 Å². The van der Waals surface area contributed by atoms with E-state index in [-0.39, 0.29) is 0 Å². The largest absolute Gasteiger partial charge is 0.497 e. The fourth-order valence-electron chi connectivity index (χ4n) is 1.73. The number of thiophene rings is 1. The summed E-state index contributed by atoms with van der Waals surface area (Å²) in [7, 11) is 1.62. The molecule has 1 aromatic heterocycles. The molecule has 0 aliphatic carbocycles. The standard InChI is InChI=1S/C13H14O3S/c1-13(2,12(14)15)10-7-17-11-6-8(16-3)4-5-9(10)11/h4-7H,1-3H3,(H,14,15). The third kappa shape index (κ3) is 1.89. The molecule has 1 heterocycles. The summed E-state index contributed by atoms with van der Waals surface area (Å²) in [5.74, 6) is -0.0213. The van der Waals surface area contributed by atoms with Crippen molar-refractivity contribution in [1.82, 2.24) is 0 Å². The molecule has 1 aromatic carbocycles. The van der Waals surface area contributed by atoms with Crippen LogP contribution in [-0.2, 0) is 10.2 Å². The molecule has 90 valence electrons. The molecule has 0 fully saturated rings. The van der Waals surface area contributed by atoms with Gasteiger partial charge in [-0.05, 0) is 48.4 Å². The minimum Gasteiger partial charge on any atom is -0.497 e. The lowest BCUT2D eigenvalue weighted by molar-refractivity contribution is -0.142. The summed E-state index contributed by atoms with van der Waals surface area (Å²) in [6.07, 6.45) is 0. The fraction of sp³-hybridized carbons (Fsp3) is 0.308. The summed E-state index contributed by atoms with van der Waals surface area (Å²) >= 11 is 1.54. The van der Waals surface area contributed by atoms with Crippen LogP contribution in [-0.4, -0.2) is 18.2 Å². The number of fused-ring (bicyclic) bond motifs is 1. The Bertz CT molecular complexity index is 569. The smallest absolute Gasteiger partial charge is 0.313 e. The van der Waals surface area contributed by atoms with Crippen LogP contribution in [0.25, 0.3) is 10.1 Å². The van der Waals surface area contributed by atoms with E-state index in [4.69, 9.17) is 4.74 Å². The molecular formula is C13H14O3S. The first kappa shape index (κ1) is 11.9. The summed E-state index contributed by atoms with van der Waals surface area (Å²) in [6, 6.07) is 5.71. The summed E-state index contributed by atoms with van der Waals surface area (Å²) in [5, 5.41) is 12.2. The number of aliphatic carboxylic acids is 1. The van der Waals surface area contributed by atoms with Gasteiger partial charge >= 0.3 is 5.97 Å². The highest BCUT2D eigenvalue weighted by Gasteiger charge is 2.31. The number of methoxy groups -OCH3 is 1. The van der Waals surface area contributed by atoms with Crippen LogP contribution in [0.4, 0.5) is 0 Å². The molecule has 17 heavy (non-hydrogen) atoms. The molecule has 0 unspecified atom stereocenters. The second kappa shape index (κ2) is 4.04. The molecule has 0 spiro atoms. The molecule has 4 heteroatoms. The van der Waals surface area contributed by atoms with E-state index in [0.29, 0.717) is 0 Å². The van der Waals surface area contributed by atoms with Crippen LogP contribution in [0.3, 0.4) is 0 Å². The molecule has 2 rings (SSSR count). The van der Waals surface area contributed by atoms with Gasteiger partial charge in [-0.1, -0.05) is 0 Å². The Morgan fingerprint density at radius 2 is 2.12 bits per heavy atom. The number of carboxylic acid groups (broad SMARTS) is 1. The molecule has 0 bridgehead atoms. The Balaban J connectivity index is 2.61. The highest BCUT2D eigenvalue weighted by Crippen LogP contribution is 2.36. The molecule has 0 saturated carbocycles. The minimum absolute atomic E-state index is 0.791. The predicted molar refractivity (Wildman–Crippen MR) is 69.0 cm³/mol. The highest BCUT2D eigenvalue weighted by molar-refractivity contribution is 7.17. The number of benzene rings is 1. The van der Waals surface area contributed by atoms with Crippen LogP contribution < -0.4 is 4.74 Å². The van der Waals surface area contributed by atoms with E-state index in [2.05, 4.69) is 0 Å². The van der Waals surface area contributed by atoms with Gasteiger partial charge < -0.3 is 9.84 Å². The van der Waals surface area contributed by atoms with Gasteiger partial charge in [0.1, 0.15) is 5.75 Å². The Kier molecular flexibility index (Phi) is 2.83. The van der Waals surface area contributed by atoms with Crippen molar-refractivity contribution >= 4 is 27.4 Å². The van der Waals surface area contributed by atoms with Gasteiger partial charge in [0, 0.05) is 4.70 Å². The normalized spacial score (nSPS) is 11.7. The maximum Gasteiger partial charge on any atom is 0.313 e. The van der Waals surface area contributed by atoms with Crippen molar-refractivity contribution in [1.29, 1.82) is 0 Å². The lowest BCUT2D eigenvalue weighted by atomic mass is 9.85. The van der Waals surface area contributed by atoms with Gasteiger partial charge in [0.2, 0.25) is 0 Å². The predicted octanol–water partition coefficient (Wildman–Crippen LogP) is 3.27. The zero-order chi connectivity index (χ0) is 12.6. The lowest BCUT2D eigenvalue weighted by Gasteiger charge is -2.18. The zero-order valence-electron chi connectivity index (χ0n) is 9.98. The number of ether oxygens (including phenoxy) is 1. The number of rotatable bonds is 3. The number of hydrogen-bond acceptors (Lipinski definition) is 3. The van der Waals surface area contributed by atoms with Crippen LogP contribution in [0.1, 0.15) is 19.4 Å². The monoisotopic (exact) mass is 250 g/mol. The molecule has 0 aliphatic heterocycles. The first-order valence-electron chi connectivity index (χ1n) is 5.26. The van der Waals surface area contributed by atoms with Gasteiger partial charge in [-0.2, -0.15) is 0 Å². The van der Waals surface area contributed by atoms with Crippen LogP contribution >= 0.6 is 11.3 Å².